The first kappa shape index (κ1) is 51.0. The predicted molar refractivity (Wildman–Crippen MR) is 229 cm³/mol. The molecule has 0 aromatic heterocycles. The highest BCUT2D eigenvalue weighted by molar-refractivity contribution is 7.46. The second kappa shape index (κ2) is 36.4. The number of carbonyl (C=O) groups excluding carboxylic acids is 2. The monoisotopic (exact) mass is 792 g/mol. The van der Waals surface area contributed by atoms with Gasteiger partial charge in [0.05, 0.1) is 18.2 Å². The molecule has 1 aromatic carbocycles. The molecule has 0 aliphatic rings. The number of phosphoric acid groups is 1. The van der Waals surface area contributed by atoms with E-state index in [0.29, 0.717) is 5.56 Å². The number of rotatable bonds is 39. The van der Waals surface area contributed by atoms with Crippen LogP contribution in [0.4, 0.5) is 0 Å². The molecule has 0 fully saturated rings. The normalized spacial score (nSPS) is 12.9. The number of nitrogens with one attached hydrogen (secondary N) is 1. The average molecular weight is 792 g/mol. The number of carbonyl (C=O) groups is 2. The highest BCUT2D eigenvalue weighted by Crippen LogP contribution is 2.36. The maximum Gasteiger partial charge on any atom is 0.469 e. The van der Waals surface area contributed by atoms with E-state index in [1.54, 1.807) is 36.4 Å². The number of allylic oxidation sites excluding steroid dienone is 1. The number of ether oxygens (including phenoxy) is 1. The molecule has 0 heterocycles. The molecule has 1 amide bonds. The fraction of sp³-hybridized carbons (Fsp3) is 0.783. The molecule has 3 N–H and O–H groups in total. The van der Waals surface area contributed by atoms with E-state index in [9.17, 15) is 23.9 Å². The highest BCUT2D eigenvalue weighted by Gasteiger charge is 2.28. The summed E-state index contributed by atoms with van der Waals surface area (Å²) in [6, 6.07) is 7.62. The van der Waals surface area contributed by atoms with Crippen LogP contribution in [0.1, 0.15) is 223 Å². The van der Waals surface area contributed by atoms with Crippen molar-refractivity contribution in [3.05, 3.63) is 48.0 Å². The lowest BCUT2D eigenvalue weighted by Crippen LogP contribution is -2.47. The maximum atomic E-state index is 13.1. The zero-order valence-electron chi connectivity index (χ0n) is 35.2. The smallest absolute Gasteiger partial charge is 0.452 e. The van der Waals surface area contributed by atoms with Crippen molar-refractivity contribution in [3.63, 3.8) is 0 Å². The van der Waals surface area contributed by atoms with Gasteiger partial charge in [-0.3, -0.25) is 9.32 Å². The van der Waals surface area contributed by atoms with E-state index in [4.69, 9.17) is 9.26 Å². The first-order chi connectivity index (χ1) is 26.8. The first-order valence-electron chi connectivity index (χ1n) is 22.7. The molecular weight excluding hydrogens is 709 g/mol. The maximum absolute atomic E-state index is 13.1. The van der Waals surface area contributed by atoms with Crippen LogP contribution in [-0.2, 0) is 18.6 Å². The molecule has 0 radical (unpaired) electrons. The second-order valence-corrected chi connectivity index (χ2v) is 16.9. The average Bonchev–Trinajstić information content (AvgIpc) is 3.17. The molecule has 0 spiro atoms. The van der Waals surface area contributed by atoms with Crippen molar-refractivity contribution in [1.29, 1.82) is 0 Å². The third kappa shape index (κ3) is 32.8. The van der Waals surface area contributed by atoms with Gasteiger partial charge in [-0.25, -0.2) is 9.36 Å². The number of phosphoric ester groups is 1. The summed E-state index contributed by atoms with van der Waals surface area (Å²) < 4.78 is 22.4. The lowest BCUT2D eigenvalue weighted by atomic mass is 10.0. The van der Waals surface area contributed by atoms with Crippen molar-refractivity contribution >= 4 is 19.7 Å². The van der Waals surface area contributed by atoms with Gasteiger partial charge in [0.15, 0.2) is 0 Å². The van der Waals surface area contributed by atoms with Gasteiger partial charge in [0.25, 0.3) is 0 Å². The molecule has 0 unspecified atom stereocenters. The largest absolute Gasteiger partial charge is 0.469 e. The van der Waals surface area contributed by atoms with Crippen molar-refractivity contribution in [2.24, 2.45) is 0 Å². The van der Waals surface area contributed by atoms with Gasteiger partial charge in [0.2, 0.25) is 5.91 Å². The summed E-state index contributed by atoms with van der Waals surface area (Å²) in [7, 11) is -4.83. The van der Waals surface area contributed by atoms with Crippen LogP contribution in [0.5, 0.6) is 0 Å². The third-order valence-corrected chi connectivity index (χ3v) is 11.0. The van der Waals surface area contributed by atoms with Gasteiger partial charge >= 0.3 is 13.8 Å². The van der Waals surface area contributed by atoms with Crippen molar-refractivity contribution in [2.45, 2.75) is 225 Å². The SMILES string of the molecule is CCCCCCCCCCCCCCC/C=C/[C@@H](OC(=O)c1ccccc1)[C@H](COP(=O)(O)O)NC(=O)CCCCCCCCCCCCCCCCCC. The van der Waals surface area contributed by atoms with Gasteiger partial charge in [-0.2, -0.15) is 0 Å². The quantitative estimate of drug-likeness (QED) is 0.0263. The molecule has 55 heavy (non-hydrogen) atoms. The summed E-state index contributed by atoms with van der Waals surface area (Å²) in [5.74, 6) is -0.834. The number of hydrogen-bond acceptors (Lipinski definition) is 5. The fourth-order valence-corrected chi connectivity index (χ4v) is 7.40. The lowest BCUT2D eigenvalue weighted by Gasteiger charge is -2.26. The molecule has 0 saturated heterocycles. The Morgan fingerprint density at radius 1 is 0.618 bits per heavy atom. The van der Waals surface area contributed by atoms with Crippen LogP contribution in [-0.4, -0.2) is 40.4 Å². The van der Waals surface area contributed by atoms with Gasteiger partial charge in [-0.15, -0.1) is 0 Å². The molecule has 2 atom stereocenters. The van der Waals surface area contributed by atoms with Crippen molar-refractivity contribution in [2.75, 3.05) is 6.61 Å². The summed E-state index contributed by atoms with van der Waals surface area (Å²) in [6.07, 6.45) is 40.3. The molecule has 1 aromatic rings. The van der Waals surface area contributed by atoms with Gasteiger partial charge in [-0.05, 0) is 37.5 Å². The fourth-order valence-electron chi connectivity index (χ4n) is 7.04. The summed E-state index contributed by atoms with van der Waals surface area (Å²) >= 11 is 0. The van der Waals surface area contributed by atoms with E-state index in [2.05, 4.69) is 19.2 Å². The van der Waals surface area contributed by atoms with E-state index >= 15 is 0 Å². The summed E-state index contributed by atoms with van der Waals surface area (Å²) in [6.45, 7) is 4.02. The number of benzene rings is 1. The zero-order valence-corrected chi connectivity index (χ0v) is 36.1. The zero-order chi connectivity index (χ0) is 40.1. The van der Waals surface area contributed by atoms with Gasteiger partial charge < -0.3 is 19.8 Å². The number of unbranched alkanes of at least 4 members (excludes halogenated alkanes) is 28. The van der Waals surface area contributed by atoms with Crippen LogP contribution in [0.25, 0.3) is 0 Å². The number of hydrogen-bond donors (Lipinski definition) is 3. The van der Waals surface area contributed by atoms with E-state index in [0.717, 1.165) is 38.5 Å². The minimum Gasteiger partial charge on any atom is -0.452 e. The van der Waals surface area contributed by atoms with Crippen molar-refractivity contribution in [1.82, 2.24) is 5.32 Å². The molecule has 9 heteroatoms. The van der Waals surface area contributed by atoms with Gasteiger partial charge in [-0.1, -0.05) is 211 Å². The van der Waals surface area contributed by atoms with Crippen LogP contribution in [0.2, 0.25) is 0 Å². The summed E-state index contributed by atoms with van der Waals surface area (Å²) in [5, 5.41) is 2.87. The van der Waals surface area contributed by atoms with Crippen molar-refractivity contribution in [3.8, 4) is 0 Å². The molecule has 0 aliphatic carbocycles. The Kier molecular flexibility index (Phi) is 33.7. The summed E-state index contributed by atoms with van der Waals surface area (Å²) in [5.41, 5.74) is 0.353. The topological polar surface area (TPSA) is 122 Å². The molecular formula is C46H82NO7P. The Labute approximate surface area is 337 Å². The Balaban J connectivity index is 2.50. The molecule has 0 bridgehead atoms. The van der Waals surface area contributed by atoms with Crippen LogP contribution >= 0.6 is 7.82 Å². The molecule has 1 rings (SSSR count). The molecule has 0 aliphatic heterocycles. The Hall–Kier alpha value is -1.99. The van der Waals surface area contributed by atoms with Crippen LogP contribution < -0.4 is 5.32 Å². The predicted octanol–water partition coefficient (Wildman–Crippen LogP) is 13.5. The lowest BCUT2D eigenvalue weighted by molar-refractivity contribution is -0.123. The van der Waals surface area contributed by atoms with E-state index < -0.39 is 32.5 Å². The number of esters is 1. The Morgan fingerprint density at radius 3 is 1.44 bits per heavy atom. The van der Waals surface area contributed by atoms with Crippen molar-refractivity contribution < 1.29 is 33.2 Å². The van der Waals surface area contributed by atoms with E-state index in [-0.39, 0.29) is 12.3 Å². The van der Waals surface area contributed by atoms with Gasteiger partial charge in [0.1, 0.15) is 6.10 Å². The minimum atomic E-state index is -4.83. The van der Waals surface area contributed by atoms with Crippen LogP contribution in [0.15, 0.2) is 42.5 Å². The molecule has 318 valence electrons. The Morgan fingerprint density at radius 2 is 1.02 bits per heavy atom. The third-order valence-electron chi connectivity index (χ3n) is 10.5. The number of amides is 1. The van der Waals surface area contributed by atoms with E-state index in [1.807, 2.05) is 6.08 Å². The van der Waals surface area contributed by atoms with Gasteiger partial charge in [0, 0.05) is 6.42 Å². The first-order valence-corrected chi connectivity index (χ1v) is 24.2. The summed E-state index contributed by atoms with van der Waals surface area (Å²) in [4.78, 5) is 45.1. The highest BCUT2D eigenvalue weighted by atomic mass is 31.2. The Bertz CT molecular complexity index is 1110. The minimum absolute atomic E-state index is 0.254. The van der Waals surface area contributed by atoms with E-state index in [1.165, 1.54) is 154 Å². The molecule has 0 saturated carbocycles. The van der Waals surface area contributed by atoms with Crippen LogP contribution in [0.3, 0.4) is 0 Å². The molecule has 8 nitrogen and oxygen atoms in total. The standard InChI is InChI=1S/C46H82NO7P/c1-3-5-7-9-11-13-15-17-19-21-23-25-27-29-31-36-40-45(48)47-43(41-53-55(50,51)52)44(54-46(49)42-37-33-32-34-38-42)39-35-30-28-26-24-22-20-18-16-14-12-10-8-6-4-2/h32-35,37-39,43-44H,3-31,36,40-41H2,1-2H3,(H,47,48)(H2,50,51,52)/b39-35+/t43-,44+/m0/s1. The van der Waals surface area contributed by atoms with Crippen LogP contribution in [0, 0.1) is 0 Å². The second-order valence-electron chi connectivity index (χ2n) is 15.7.